The summed E-state index contributed by atoms with van der Waals surface area (Å²) in [4.78, 5) is 29.2. The molecular weight excluding hydrogens is 328 g/mol. The molecule has 0 spiro atoms. The Morgan fingerprint density at radius 1 is 1.04 bits per heavy atom. The van der Waals surface area contributed by atoms with Gasteiger partial charge in [-0.2, -0.15) is 0 Å². The summed E-state index contributed by atoms with van der Waals surface area (Å²) in [7, 11) is 0. The molecule has 2 heterocycles. The van der Waals surface area contributed by atoms with Gasteiger partial charge in [0.25, 0.3) is 0 Å². The molecule has 2 saturated heterocycles. The van der Waals surface area contributed by atoms with E-state index >= 15 is 0 Å². The summed E-state index contributed by atoms with van der Waals surface area (Å²) in [6, 6.07) is 7.15. The first kappa shape index (κ1) is 18.7. The smallest absolute Gasteiger partial charge is 0.245 e. The Morgan fingerprint density at radius 2 is 1.73 bits per heavy atom. The van der Waals surface area contributed by atoms with Crippen molar-refractivity contribution in [1.82, 2.24) is 9.80 Å². The van der Waals surface area contributed by atoms with Crippen LogP contribution in [0.2, 0.25) is 0 Å². The van der Waals surface area contributed by atoms with Gasteiger partial charge in [0.15, 0.2) is 0 Å². The van der Waals surface area contributed by atoms with Crippen LogP contribution in [0.3, 0.4) is 0 Å². The van der Waals surface area contributed by atoms with Gasteiger partial charge in [-0.15, -0.1) is 0 Å². The Balaban J connectivity index is 1.60. The van der Waals surface area contributed by atoms with Crippen LogP contribution in [0.5, 0.6) is 5.75 Å². The van der Waals surface area contributed by atoms with Gasteiger partial charge < -0.3 is 14.9 Å². The summed E-state index contributed by atoms with van der Waals surface area (Å²) in [5, 5.41) is 9.44. The van der Waals surface area contributed by atoms with Crippen molar-refractivity contribution in [3.05, 3.63) is 29.8 Å². The van der Waals surface area contributed by atoms with Crippen molar-refractivity contribution >= 4 is 11.8 Å². The molecule has 3 rings (SSSR count). The minimum atomic E-state index is -0.256. The van der Waals surface area contributed by atoms with Crippen LogP contribution in [0, 0.1) is 0 Å². The molecule has 142 valence electrons. The average molecular weight is 358 g/mol. The molecule has 2 aliphatic rings. The second-order valence-corrected chi connectivity index (χ2v) is 7.54. The molecule has 2 aliphatic heterocycles. The first-order valence-corrected chi connectivity index (χ1v) is 9.97. The van der Waals surface area contributed by atoms with Crippen LogP contribution < -0.4 is 0 Å². The Kier molecular flexibility index (Phi) is 6.17. The van der Waals surface area contributed by atoms with Crippen molar-refractivity contribution < 1.29 is 14.7 Å². The summed E-state index contributed by atoms with van der Waals surface area (Å²) < 4.78 is 0. The van der Waals surface area contributed by atoms with Gasteiger partial charge in [-0.1, -0.05) is 19.1 Å². The van der Waals surface area contributed by atoms with E-state index in [1.807, 2.05) is 28.9 Å². The van der Waals surface area contributed by atoms with Crippen molar-refractivity contribution in [2.24, 2.45) is 0 Å². The van der Waals surface area contributed by atoms with Gasteiger partial charge in [0.2, 0.25) is 11.8 Å². The van der Waals surface area contributed by atoms with Gasteiger partial charge in [0.1, 0.15) is 11.8 Å². The van der Waals surface area contributed by atoms with Gasteiger partial charge in [-0.05, 0) is 62.1 Å². The SMILES string of the molecule is CCCC(=O)N1CCCC[C@H]1C(=O)N1CCC(c2ccc(O)cc2)CC1. The number of rotatable bonds is 4. The maximum Gasteiger partial charge on any atom is 0.245 e. The molecule has 0 bridgehead atoms. The fraction of sp³-hybridized carbons (Fsp3) is 0.619. The van der Waals surface area contributed by atoms with E-state index in [1.165, 1.54) is 5.56 Å². The minimum absolute atomic E-state index is 0.129. The molecule has 5 nitrogen and oxygen atoms in total. The number of hydrogen-bond donors (Lipinski definition) is 1. The number of piperidine rings is 2. The molecule has 0 aliphatic carbocycles. The Labute approximate surface area is 156 Å². The third-order valence-corrected chi connectivity index (χ3v) is 5.74. The summed E-state index contributed by atoms with van der Waals surface area (Å²) in [6.07, 6.45) is 6.06. The maximum absolute atomic E-state index is 13.1. The average Bonchev–Trinajstić information content (AvgIpc) is 2.68. The highest BCUT2D eigenvalue weighted by Crippen LogP contribution is 2.30. The first-order valence-electron chi connectivity index (χ1n) is 9.97. The number of carbonyl (C=O) groups is 2. The lowest BCUT2D eigenvalue weighted by atomic mass is 9.89. The second-order valence-electron chi connectivity index (χ2n) is 7.54. The molecule has 2 amide bonds. The van der Waals surface area contributed by atoms with E-state index in [4.69, 9.17) is 0 Å². The largest absolute Gasteiger partial charge is 0.508 e. The molecule has 26 heavy (non-hydrogen) atoms. The predicted molar refractivity (Wildman–Crippen MR) is 101 cm³/mol. The quantitative estimate of drug-likeness (QED) is 0.898. The third kappa shape index (κ3) is 4.19. The highest BCUT2D eigenvalue weighted by Gasteiger charge is 2.35. The van der Waals surface area contributed by atoms with Crippen LogP contribution in [-0.4, -0.2) is 52.4 Å². The number of amides is 2. The van der Waals surface area contributed by atoms with E-state index in [0.29, 0.717) is 12.3 Å². The van der Waals surface area contributed by atoms with Crippen LogP contribution in [0.15, 0.2) is 24.3 Å². The van der Waals surface area contributed by atoms with Crippen LogP contribution in [0.1, 0.15) is 63.4 Å². The number of phenolic OH excluding ortho intramolecular Hbond substituents is 1. The fourth-order valence-corrected chi connectivity index (χ4v) is 4.23. The maximum atomic E-state index is 13.1. The number of aromatic hydroxyl groups is 1. The summed E-state index contributed by atoms with van der Waals surface area (Å²) in [5.74, 6) is 0.988. The normalized spacial score (nSPS) is 21.7. The molecule has 0 saturated carbocycles. The lowest BCUT2D eigenvalue weighted by molar-refractivity contribution is -0.148. The summed E-state index contributed by atoms with van der Waals surface area (Å²) in [5.41, 5.74) is 1.23. The zero-order valence-electron chi connectivity index (χ0n) is 15.7. The minimum Gasteiger partial charge on any atom is -0.508 e. The number of carbonyl (C=O) groups excluding carboxylic acids is 2. The summed E-state index contributed by atoms with van der Waals surface area (Å²) >= 11 is 0. The van der Waals surface area contributed by atoms with Crippen molar-refractivity contribution in [3.63, 3.8) is 0 Å². The highest BCUT2D eigenvalue weighted by atomic mass is 16.3. The monoisotopic (exact) mass is 358 g/mol. The summed E-state index contributed by atoms with van der Waals surface area (Å²) in [6.45, 7) is 4.22. The van der Waals surface area contributed by atoms with Crippen molar-refractivity contribution in [1.29, 1.82) is 0 Å². The number of phenols is 1. The molecule has 0 unspecified atom stereocenters. The van der Waals surface area contributed by atoms with E-state index in [9.17, 15) is 14.7 Å². The lowest BCUT2D eigenvalue weighted by Crippen LogP contribution is -2.54. The molecule has 0 aromatic heterocycles. The Morgan fingerprint density at radius 3 is 2.38 bits per heavy atom. The zero-order valence-corrected chi connectivity index (χ0v) is 15.7. The van der Waals surface area contributed by atoms with Gasteiger partial charge in [0.05, 0.1) is 0 Å². The molecule has 1 aromatic carbocycles. The van der Waals surface area contributed by atoms with E-state index < -0.39 is 0 Å². The van der Waals surface area contributed by atoms with E-state index in [-0.39, 0.29) is 23.6 Å². The van der Waals surface area contributed by atoms with Crippen LogP contribution >= 0.6 is 0 Å². The number of likely N-dealkylation sites (tertiary alicyclic amines) is 2. The number of nitrogens with zero attached hydrogens (tertiary/aromatic N) is 2. The second kappa shape index (κ2) is 8.56. The van der Waals surface area contributed by atoms with Crippen LogP contribution in [-0.2, 0) is 9.59 Å². The molecule has 1 atom stereocenters. The topological polar surface area (TPSA) is 60.9 Å². The van der Waals surface area contributed by atoms with Crippen molar-refractivity contribution in [2.75, 3.05) is 19.6 Å². The molecule has 5 heteroatoms. The number of hydrogen-bond acceptors (Lipinski definition) is 3. The first-order chi connectivity index (χ1) is 12.6. The van der Waals surface area contributed by atoms with Gasteiger partial charge in [0, 0.05) is 26.1 Å². The van der Waals surface area contributed by atoms with Gasteiger partial charge in [-0.25, -0.2) is 0 Å². The van der Waals surface area contributed by atoms with E-state index in [0.717, 1.165) is 58.2 Å². The number of benzene rings is 1. The Bertz CT molecular complexity index is 621. The third-order valence-electron chi connectivity index (χ3n) is 5.74. The van der Waals surface area contributed by atoms with Gasteiger partial charge >= 0.3 is 0 Å². The zero-order chi connectivity index (χ0) is 18.5. The van der Waals surface area contributed by atoms with E-state index in [1.54, 1.807) is 12.1 Å². The van der Waals surface area contributed by atoms with Crippen molar-refractivity contribution in [3.8, 4) is 5.75 Å². The standard InChI is InChI=1S/C21H30N2O3/c1-2-5-20(25)23-13-4-3-6-19(23)21(26)22-14-11-17(12-15-22)16-7-9-18(24)10-8-16/h7-10,17,19,24H,2-6,11-15H2,1H3/t19-/m0/s1. The van der Waals surface area contributed by atoms with Crippen molar-refractivity contribution in [2.45, 2.75) is 63.8 Å². The van der Waals surface area contributed by atoms with Crippen LogP contribution in [0.4, 0.5) is 0 Å². The van der Waals surface area contributed by atoms with Crippen LogP contribution in [0.25, 0.3) is 0 Å². The fourth-order valence-electron chi connectivity index (χ4n) is 4.23. The molecule has 1 aromatic rings. The lowest BCUT2D eigenvalue weighted by Gasteiger charge is -2.40. The predicted octanol–water partition coefficient (Wildman–Crippen LogP) is 3.28. The molecular formula is C21H30N2O3. The molecule has 0 radical (unpaired) electrons. The molecule has 1 N–H and O–H groups in total. The molecule has 2 fully saturated rings. The van der Waals surface area contributed by atoms with E-state index in [2.05, 4.69) is 0 Å². The Hall–Kier alpha value is -2.04. The van der Waals surface area contributed by atoms with Gasteiger partial charge in [-0.3, -0.25) is 9.59 Å². The highest BCUT2D eigenvalue weighted by molar-refractivity contribution is 5.88.